The zero-order chi connectivity index (χ0) is 14.4. The number of ether oxygens (including phenoxy) is 1. The number of phenols is 1. The number of rotatable bonds is 5. The number of hydrogen-bond acceptors (Lipinski definition) is 3. The number of amides is 1. The van der Waals surface area contributed by atoms with Crippen LogP contribution in [0.15, 0.2) is 48.5 Å². The second-order valence-corrected chi connectivity index (χ2v) is 4.37. The summed E-state index contributed by atoms with van der Waals surface area (Å²) in [5, 5.41) is 12.0. The fourth-order valence-electron chi connectivity index (χ4n) is 1.84. The molecule has 2 N–H and O–H groups in total. The van der Waals surface area contributed by atoms with E-state index in [-0.39, 0.29) is 11.7 Å². The molecule has 2 rings (SSSR count). The van der Waals surface area contributed by atoms with Gasteiger partial charge in [-0.25, -0.2) is 0 Å². The summed E-state index contributed by atoms with van der Waals surface area (Å²) in [5.41, 5.74) is 2.61. The van der Waals surface area contributed by atoms with Crippen LogP contribution in [-0.2, 0) is 4.74 Å². The van der Waals surface area contributed by atoms with Gasteiger partial charge in [0.1, 0.15) is 5.75 Å². The van der Waals surface area contributed by atoms with Crippen molar-refractivity contribution in [2.24, 2.45) is 0 Å². The van der Waals surface area contributed by atoms with Crippen molar-refractivity contribution in [3.8, 4) is 16.9 Å². The minimum atomic E-state index is -0.112. The van der Waals surface area contributed by atoms with Crippen LogP contribution in [0.25, 0.3) is 11.1 Å². The summed E-state index contributed by atoms with van der Waals surface area (Å²) < 4.78 is 4.88. The van der Waals surface area contributed by atoms with Gasteiger partial charge in [-0.3, -0.25) is 4.79 Å². The van der Waals surface area contributed by atoms with Crippen LogP contribution in [-0.4, -0.2) is 31.3 Å². The average molecular weight is 271 g/mol. The van der Waals surface area contributed by atoms with Gasteiger partial charge in [0.15, 0.2) is 0 Å². The molecule has 0 aliphatic rings. The van der Waals surface area contributed by atoms with Crippen LogP contribution in [0.1, 0.15) is 10.4 Å². The molecule has 20 heavy (non-hydrogen) atoms. The fraction of sp³-hybridized carbons (Fsp3) is 0.188. The number of methoxy groups -OCH3 is 1. The Morgan fingerprint density at radius 3 is 2.15 bits per heavy atom. The van der Waals surface area contributed by atoms with Crippen molar-refractivity contribution in [1.82, 2.24) is 5.32 Å². The molecule has 2 aromatic rings. The summed E-state index contributed by atoms with van der Waals surface area (Å²) in [6.07, 6.45) is 0. The number of benzene rings is 2. The maximum atomic E-state index is 11.8. The number of phenolic OH excluding ortho intramolecular Hbond substituents is 1. The molecule has 0 fully saturated rings. The van der Waals surface area contributed by atoms with E-state index in [1.165, 1.54) is 0 Å². The lowest BCUT2D eigenvalue weighted by Gasteiger charge is -2.06. The third kappa shape index (κ3) is 3.59. The molecule has 0 aromatic heterocycles. The Balaban J connectivity index is 2.06. The summed E-state index contributed by atoms with van der Waals surface area (Å²) in [6.45, 7) is 0.992. The molecule has 0 aliphatic heterocycles. The number of aromatic hydroxyl groups is 1. The molecule has 2 aromatic carbocycles. The molecule has 0 atom stereocenters. The first-order chi connectivity index (χ1) is 9.70. The van der Waals surface area contributed by atoms with Crippen LogP contribution in [0.2, 0.25) is 0 Å². The van der Waals surface area contributed by atoms with Crippen LogP contribution in [0.5, 0.6) is 5.75 Å². The van der Waals surface area contributed by atoms with Crippen molar-refractivity contribution in [2.75, 3.05) is 20.3 Å². The molecule has 0 radical (unpaired) electrons. The van der Waals surface area contributed by atoms with Crippen molar-refractivity contribution >= 4 is 5.91 Å². The van der Waals surface area contributed by atoms with E-state index in [2.05, 4.69) is 5.32 Å². The van der Waals surface area contributed by atoms with E-state index in [9.17, 15) is 9.90 Å². The summed E-state index contributed by atoms with van der Waals surface area (Å²) in [7, 11) is 1.60. The van der Waals surface area contributed by atoms with E-state index in [0.717, 1.165) is 11.1 Å². The summed E-state index contributed by atoms with van der Waals surface area (Å²) >= 11 is 0. The molecule has 0 bridgehead atoms. The van der Waals surface area contributed by atoms with Gasteiger partial charge in [0.25, 0.3) is 5.91 Å². The first-order valence-corrected chi connectivity index (χ1v) is 6.37. The minimum Gasteiger partial charge on any atom is -0.508 e. The molecule has 0 spiro atoms. The molecular weight excluding hydrogens is 254 g/mol. The molecule has 0 unspecified atom stereocenters. The number of hydrogen-bond donors (Lipinski definition) is 2. The Bertz CT molecular complexity index is 561. The van der Waals surface area contributed by atoms with Gasteiger partial charge < -0.3 is 15.2 Å². The highest BCUT2D eigenvalue weighted by atomic mass is 16.5. The second-order valence-electron chi connectivity index (χ2n) is 4.37. The van der Waals surface area contributed by atoms with Gasteiger partial charge in [-0.1, -0.05) is 24.3 Å². The zero-order valence-electron chi connectivity index (χ0n) is 11.3. The molecular formula is C16H17NO3. The van der Waals surface area contributed by atoms with E-state index in [0.29, 0.717) is 18.7 Å². The molecule has 0 saturated carbocycles. The maximum Gasteiger partial charge on any atom is 0.251 e. The van der Waals surface area contributed by atoms with E-state index >= 15 is 0 Å². The Morgan fingerprint density at radius 1 is 1.05 bits per heavy atom. The Morgan fingerprint density at radius 2 is 1.60 bits per heavy atom. The van der Waals surface area contributed by atoms with Crippen LogP contribution in [0.3, 0.4) is 0 Å². The summed E-state index contributed by atoms with van der Waals surface area (Å²) in [5.74, 6) is 0.127. The highest BCUT2D eigenvalue weighted by Crippen LogP contribution is 2.22. The highest BCUT2D eigenvalue weighted by molar-refractivity contribution is 5.94. The Labute approximate surface area is 118 Å². The minimum absolute atomic E-state index is 0.112. The van der Waals surface area contributed by atoms with Gasteiger partial charge in [-0.05, 0) is 35.4 Å². The topological polar surface area (TPSA) is 58.6 Å². The third-order valence-electron chi connectivity index (χ3n) is 2.94. The maximum absolute atomic E-state index is 11.8. The zero-order valence-corrected chi connectivity index (χ0v) is 11.3. The predicted octanol–water partition coefficient (Wildman–Crippen LogP) is 2.44. The van der Waals surface area contributed by atoms with Crippen LogP contribution in [0, 0.1) is 0 Å². The Hall–Kier alpha value is -2.33. The predicted molar refractivity (Wildman–Crippen MR) is 77.8 cm³/mol. The van der Waals surface area contributed by atoms with Gasteiger partial charge in [-0.2, -0.15) is 0 Å². The van der Waals surface area contributed by atoms with Crippen molar-refractivity contribution < 1.29 is 14.6 Å². The molecule has 104 valence electrons. The van der Waals surface area contributed by atoms with Crippen LogP contribution in [0.4, 0.5) is 0 Å². The lowest BCUT2D eigenvalue weighted by atomic mass is 10.0. The smallest absolute Gasteiger partial charge is 0.251 e. The molecule has 4 nitrogen and oxygen atoms in total. The van der Waals surface area contributed by atoms with Gasteiger partial charge in [0, 0.05) is 19.2 Å². The second kappa shape index (κ2) is 6.73. The van der Waals surface area contributed by atoms with E-state index in [1.54, 1.807) is 31.4 Å². The number of nitrogens with one attached hydrogen (secondary N) is 1. The molecule has 0 saturated heterocycles. The largest absolute Gasteiger partial charge is 0.508 e. The van der Waals surface area contributed by atoms with E-state index in [4.69, 9.17) is 4.74 Å². The molecule has 4 heteroatoms. The quantitative estimate of drug-likeness (QED) is 0.821. The molecule has 0 heterocycles. The highest BCUT2D eigenvalue weighted by Gasteiger charge is 2.05. The average Bonchev–Trinajstić information content (AvgIpc) is 2.48. The van der Waals surface area contributed by atoms with E-state index < -0.39 is 0 Å². The fourth-order valence-corrected chi connectivity index (χ4v) is 1.84. The third-order valence-corrected chi connectivity index (χ3v) is 2.94. The monoisotopic (exact) mass is 271 g/mol. The SMILES string of the molecule is COCCNC(=O)c1ccc(-c2ccc(O)cc2)cc1. The van der Waals surface area contributed by atoms with Gasteiger partial charge >= 0.3 is 0 Å². The van der Waals surface area contributed by atoms with Crippen LogP contribution < -0.4 is 5.32 Å². The van der Waals surface area contributed by atoms with Crippen molar-refractivity contribution in [2.45, 2.75) is 0 Å². The number of carbonyl (C=O) groups excluding carboxylic acids is 1. The Kier molecular flexibility index (Phi) is 4.74. The van der Waals surface area contributed by atoms with Crippen molar-refractivity contribution in [1.29, 1.82) is 0 Å². The first-order valence-electron chi connectivity index (χ1n) is 6.37. The van der Waals surface area contributed by atoms with Crippen molar-refractivity contribution in [3.05, 3.63) is 54.1 Å². The van der Waals surface area contributed by atoms with Gasteiger partial charge in [0.2, 0.25) is 0 Å². The van der Waals surface area contributed by atoms with Gasteiger partial charge in [0.05, 0.1) is 6.61 Å². The molecule has 0 aliphatic carbocycles. The number of carbonyl (C=O) groups is 1. The van der Waals surface area contributed by atoms with E-state index in [1.807, 2.05) is 24.3 Å². The lowest BCUT2D eigenvalue weighted by molar-refractivity contribution is 0.0937. The standard InChI is InChI=1S/C16H17NO3/c1-20-11-10-17-16(19)14-4-2-12(3-5-14)13-6-8-15(18)9-7-13/h2-9,18H,10-11H2,1H3,(H,17,19). The molecule has 1 amide bonds. The van der Waals surface area contributed by atoms with Crippen LogP contribution >= 0.6 is 0 Å². The first kappa shape index (κ1) is 14.1. The normalized spacial score (nSPS) is 10.2. The lowest BCUT2D eigenvalue weighted by Crippen LogP contribution is -2.26. The summed E-state index contributed by atoms with van der Waals surface area (Å²) in [4.78, 5) is 11.8. The summed E-state index contributed by atoms with van der Waals surface area (Å²) in [6, 6.07) is 14.3. The van der Waals surface area contributed by atoms with Gasteiger partial charge in [-0.15, -0.1) is 0 Å². The van der Waals surface area contributed by atoms with Crippen molar-refractivity contribution in [3.63, 3.8) is 0 Å².